The van der Waals surface area contributed by atoms with E-state index in [1.165, 1.54) is 0 Å². The van der Waals surface area contributed by atoms with Crippen LogP contribution in [0, 0.1) is 23.7 Å². The van der Waals surface area contributed by atoms with Gasteiger partial charge in [0.2, 0.25) is 0 Å². The molecular weight excluding hydrogens is 982 g/mol. The lowest BCUT2D eigenvalue weighted by molar-refractivity contribution is 0.00229. The van der Waals surface area contributed by atoms with Gasteiger partial charge in [0.25, 0.3) is 11.8 Å². The molecule has 6 atom stereocenters. The van der Waals surface area contributed by atoms with Crippen molar-refractivity contribution in [1.82, 2.24) is 39.5 Å². The molecule has 2 fully saturated rings. The summed E-state index contributed by atoms with van der Waals surface area (Å²) < 4.78 is 24.8. The summed E-state index contributed by atoms with van der Waals surface area (Å²) in [5.74, 6) is 1.62. The molecule has 4 heterocycles. The average molecular weight is 1070 g/mol. The number of para-hydroxylation sites is 4. The Morgan fingerprint density at radius 1 is 0.600 bits per heavy atom. The second-order valence-electron chi connectivity index (χ2n) is 18.9. The van der Waals surface area contributed by atoms with Crippen LogP contribution in [0.25, 0.3) is 22.1 Å². The smallest absolute Gasteiger partial charge is 0.290 e. The third kappa shape index (κ3) is 18.3. The van der Waals surface area contributed by atoms with E-state index in [4.69, 9.17) is 28.9 Å². The van der Waals surface area contributed by atoms with E-state index in [1.54, 1.807) is 28.4 Å². The van der Waals surface area contributed by atoms with E-state index in [2.05, 4.69) is 47.5 Å². The van der Waals surface area contributed by atoms with Gasteiger partial charge >= 0.3 is 0 Å². The first kappa shape index (κ1) is 65.2. The number of aromatic nitrogens is 4. The first-order valence-electron chi connectivity index (χ1n) is 24.2. The number of aliphatic hydroxyl groups excluding tert-OH is 2. The van der Waals surface area contributed by atoms with Crippen LogP contribution in [0.15, 0.2) is 48.5 Å². The molecule has 2 aromatic heterocycles. The lowest BCUT2D eigenvalue weighted by atomic mass is 9.89. The highest BCUT2D eigenvalue weighted by atomic mass is 35.5. The molecule has 70 heavy (non-hydrogen) atoms. The number of hydrogen-bond donors (Lipinski definition) is 4. The molecule has 0 aliphatic carbocycles. The van der Waals surface area contributed by atoms with Crippen LogP contribution in [0.2, 0.25) is 0 Å². The number of hydrogen-bond acceptors (Lipinski definition) is 12. The van der Waals surface area contributed by atoms with Crippen LogP contribution in [0.1, 0.15) is 87.5 Å². The summed E-state index contributed by atoms with van der Waals surface area (Å²) in [6.45, 7) is 16.1. The highest BCUT2D eigenvalue weighted by Gasteiger charge is 2.37. The van der Waals surface area contributed by atoms with Crippen LogP contribution in [0.5, 0.6) is 0 Å². The topological polar surface area (TPSA) is 178 Å². The minimum atomic E-state index is -0.549. The molecule has 0 saturated carbocycles. The molecule has 2 amide bonds. The van der Waals surface area contributed by atoms with E-state index in [0.29, 0.717) is 76.1 Å². The number of nitrogens with zero attached hydrogens (tertiary/aromatic N) is 6. The van der Waals surface area contributed by atoms with Gasteiger partial charge < -0.3 is 58.7 Å². The third-order valence-electron chi connectivity index (χ3n) is 12.7. The average Bonchev–Trinajstić information content (AvgIpc) is 3.88. The minimum Gasteiger partial charge on any atom is -0.390 e. The maximum Gasteiger partial charge on any atom is 0.290 e. The molecule has 0 bridgehead atoms. The van der Waals surface area contributed by atoms with Gasteiger partial charge in [-0.15, -0.1) is 49.6 Å². The van der Waals surface area contributed by atoms with E-state index < -0.39 is 12.2 Å². The maximum atomic E-state index is 14.0. The van der Waals surface area contributed by atoms with Gasteiger partial charge in [0, 0.05) is 118 Å². The van der Waals surface area contributed by atoms with Gasteiger partial charge in [0.15, 0.2) is 11.6 Å². The molecule has 2 unspecified atom stereocenters. The predicted molar refractivity (Wildman–Crippen MR) is 288 cm³/mol. The molecule has 2 saturated heterocycles. The molecule has 2 aromatic carbocycles. The number of aliphatic hydroxyl groups is 2. The van der Waals surface area contributed by atoms with Crippen molar-refractivity contribution in [1.29, 1.82) is 0 Å². The fraction of sp³-hybridized carbons (Fsp3) is 0.680. The number of nitrogens with one attached hydrogen (secondary N) is 2. The number of halogens is 4. The molecular formula is C50H84Cl4N8O8. The Labute approximate surface area is 441 Å². The number of rotatable bonds is 24. The third-order valence-corrected chi connectivity index (χ3v) is 12.7. The molecule has 2 aliphatic heterocycles. The van der Waals surface area contributed by atoms with E-state index in [-0.39, 0.29) is 85.4 Å². The Balaban J connectivity index is 0.000000662. The van der Waals surface area contributed by atoms with Crippen LogP contribution < -0.4 is 10.6 Å². The standard InChI is InChI=1S/2C25H40N4O4.4ClH/c2*1-18(2)16-29(20-13-19(14-26-15-20)23(30)17-33-4)25(31)24-27-21-9-5-6-10-22(21)28(24)11-7-8-12-32-3;;;;/h2*5-6,9-10,18-20,23,26,30H,7-8,11-17H2,1-4H3;4*1H/t2*19?,20-,23+;;;;/m00..../s1. The molecule has 6 rings (SSSR count). The summed E-state index contributed by atoms with van der Waals surface area (Å²) >= 11 is 0. The first-order chi connectivity index (χ1) is 31.9. The Hall–Kier alpha value is -2.84. The van der Waals surface area contributed by atoms with E-state index in [9.17, 15) is 19.8 Å². The van der Waals surface area contributed by atoms with Crippen molar-refractivity contribution in [3.63, 3.8) is 0 Å². The Morgan fingerprint density at radius 2 is 0.971 bits per heavy atom. The number of carbonyl (C=O) groups is 2. The van der Waals surface area contributed by atoms with Crippen LogP contribution in [-0.4, -0.2) is 169 Å². The monoisotopic (exact) mass is 1060 g/mol. The molecule has 4 N–H and O–H groups in total. The Morgan fingerprint density at radius 3 is 1.31 bits per heavy atom. The molecule has 0 radical (unpaired) electrons. The second kappa shape index (κ2) is 33.8. The largest absolute Gasteiger partial charge is 0.390 e. The summed E-state index contributed by atoms with van der Waals surface area (Å²) in [4.78, 5) is 41.4. The van der Waals surface area contributed by atoms with Crippen molar-refractivity contribution in [3.8, 4) is 0 Å². The number of unbranched alkanes of at least 4 members (excludes halogenated alkanes) is 2. The van der Waals surface area contributed by atoms with Gasteiger partial charge in [-0.2, -0.15) is 0 Å². The zero-order valence-electron chi connectivity index (χ0n) is 42.6. The molecule has 20 heteroatoms. The summed E-state index contributed by atoms with van der Waals surface area (Å²) in [5.41, 5.74) is 3.65. The number of methoxy groups -OCH3 is 4. The highest BCUT2D eigenvalue weighted by Crippen LogP contribution is 2.27. The fourth-order valence-corrected chi connectivity index (χ4v) is 9.38. The van der Waals surface area contributed by atoms with Gasteiger partial charge in [-0.3, -0.25) is 9.59 Å². The van der Waals surface area contributed by atoms with Crippen molar-refractivity contribution in [2.24, 2.45) is 23.7 Å². The second-order valence-corrected chi connectivity index (χ2v) is 18.9. The van der Waals surface area contributed by atoms with Gasteiger partial charge in [-0.25, -0.2) is 9.97 Å². The van der Waals surface area contributed by atoms with Gasteiger partial charge in [0.1, 0.15) is 0 Å². The number of carbonyl (C=O) groups excluding carboxylic acids is 2. The molecule has 0 spiro atoms. The number of imidazole rings is 2. The quantitative estimate of drug-likeness (QED) is 0.0542. The van der Waals surface area contributed by atoms with Crippen molar-refractivity contribution in [2.45, 2.75) is 104 Å². The van der Waals surface area contributed by atoms with Crippen molar-refractivity contribution >= 4 is 83.5 Å². The fourth-order valence-electron chi connectivity index (χ4n) is 9.38. The SMILES string of the molecule is COCCCCn1c(C(=O)N(CC(C)C)[C@@H]2CNCC([C@H](O)COC)C2)nc2ccccc21.COCCCCn1c(C(=O)N(CC(C)C)[C@@H]2CNCC([C@H](O)COC)C2)nc2ccccc21.Cl.Cl.Cl.Cl. The Kier molecular flexibility index (Phi) is 31.5. The van der Waals surface area contributed by atoms with Crippen LogP contribution >= 0.6 is 49.6 Å². The van der Waals surface area contributed by atoms with Crippen LogP contribution in [-0.2, 0) is 32.0 Å². The molecule has 400 valence electrons. The normalized spacial score (nSPS) is 18.7. The summed E-state index contributed by atoms with van der Waals surface area (Å²) in [6.07, 6.45) is 4.06. The zero-order valence-corrected chi connectivity index (χ0v) is 45.9. The number of fused-ring (bicyclic) bond motifs is 2. The van der Waals surface area contributed by atoms with E-state index >= 15 is 0 Å². The van der Waals surface area contributed by atoms with Crippen molar-refractivity contribution in [2.75, 3.05) is 94.1 Å². The Bertz CT molecular complexity index is 1930. The van der Waals surface area contributed by atoms with Crippen molar-refractivity contribution in [3.05, 3.63) is 60.2 Å². The molecule has 2 aliphatic rings. The maximum absolute atomic E-state index is 14.0. The number of ether oxygens (including phenoxy) is 4. The van der Waals surface area contributed by atoms with Gasteiger partial charge in [0.05, 0.1) is 47.5 Å². The van der Waals surface area contributed by atoms with Crippen molar-refractivity contribution < 1.29 is 38.7 Å². The first-order valence-corrected chi connectivity index (χ1v) is 24.2. The predicted octanol–water partition coefficient (Wildman–Crippen LogP) is 6.78. The molecule has 4 aromatic rings. The molecule has 16 nitrogen and oxygen atoms in total. The van der Waals surface area contributed by atoms with Gasteiger partial charge in [-0.05, 0) is 74.6 Å². The van der Waals surface area contributed by atoms with Crippen LogP contribution in [0.3, 0.4) is 0 Å². The zero-order chi connectivity index (χ0) is 47.6. The summed E-state index contributed by atoms with van der Waals surface area (Å²) in [7, 11) is 6.62. The summed E-state index contributed by atoms with van der Waals surface area (Å²) in [6, 6.07) is 15.9. The van der Waals surface area contributed by atoms with Gasteiger partial charge in [-0.1, -0.05) is 52.0 Å². The number of piperidine rings is 2. The number of amides is 2. The van der Waals surface area contributed by atoms with E-state index in [1.807, 2.05) is 58.3 Å². The number of benzene rings is 2. The lowest BCUT2D eigenvalue weighted by Gasteiger charge is -2.40. The van der Waals surface area contributed by atoms with E-state index in [0.717, 1.165) is 86.8 Å². The summed E-state index contributed by atoms with van der Waals surface area (Å²) in [5, 5.41) is 27.8. The number of aryl methyl sites for hydroxylation is 2. The highest BCUT2D eigenvalue weighted by molar-refractivity contribution is 5.96. The lowest BCUT2D eigenvalue weighted by Crippen LogP contribution is -2.54. The minimum absolute atomic E-state index is 0. The van der Waals surface area contributed by atoms with Crippen LogP contribution in [0.4, 0.5) is 0 Å².